The van der Waals surface area contributed by atoms with Crippen LogP contribution in [0.15, 0.2) is 39.8 Å². The number of Topliss-reactive ketones (excluding diaryl/α,β-unsaturated/α-hetero) is 1. The van der Waals surface area contributed by atoms with Gasteiger partial charge >= 0.3 is 17.6 Å². The minimum atomic E-state index is -1.43. The van der Waals surface area contributed by atoms with E-state index in [2.05, 4.69) is 4.98 Å². The molecule has 0 saturated heterocycles. The number of fused-ring (bicyclic) bond motifs is 4. The number of rotatable bonds is 6. The molecule has 0 aromatic carbocycles. The fourth-order valence-corrected chi connectivity index (χ4v) is 8.22. The largest absolute Gasteiger partial charge is 0.479 e. The molecule has 10 heteroatoms. The molecule has 10 nitrogen and oxygen atoms in total. The highest BCUT2D eigenvalue weighted by Gasteiger charge is 2.70. The van der Waals surface area contributed by atoms with E-state index in [1.165, 1.54) is 6.07 Å². The van der Waals surface area contributed by atoms with E-state index < -0.39 is 46.1 Å². The molecular weight excluding hydrogens is 554 g/mol. The van der Waals surface area contributed by atoms with Crippen molar-refractivity contribution in [2.45, 2.75) is 83.5 Å². The zero-order valence-electron chi connectivity index (χ0n) is 24.7. The molecule has 2 aromatic heterocycles. The van der Waals surface area contributed by atoms with Crippen molar-refractivity contribution in [2.24, 2.45) is 34.5 Å². The number of carbonyl (C=O) groups is 3. The quantitative estimate of drug-likeness (QED) is 0.486. The van der Waals surface area contributed by atoms with E-state index >= 15 is 0 Å². The lowest BCUT2D eigenvalue weighted by Crippen LogP contribution is -2.69. The zero-order chi connectivity index (χ0) is 30.3. The lowest BCUT2D eigenvalue weighted by Gasteiger charge is -2.64. The Balaban J connectivity index is 1.27. The smallest absolute Gasteiger partial charge is 0.345 e. The molecule has 7 rings (SSSR count). The van der Waals surface area contributed by atoms with Gasteiger partial charge in [-0.3, -0.25) is 19.4 Å². The molecule has 4 fully saturated rings. The second-order valence-corrected chi connectivity index (χ2v) is 13.9. The number of aromatic nitrogens is 1. The molecule has 3 heterocycles. The number of aliphatic hydroxyl groups is 1. The summed E-state index contributed by atoms with van der Waals surface area (Å²) in [7, 11) is 0. The Morgan fingerprint density at radius 2 is 1.79 bits per heavy atom. The number of esters is 2. The third-order valence-corrected chi connectivity index (χ3v) is 11.0. The van der Waals surface area contributed by atoms with Crippen LogP contribution in [-0.2, 0) is 23.9 Å². The summed E-state index contributed by atoms with van der Waals surface area (Å²) in [5.41, 5.74) is -3.26. The third-order valence-electron chi connectivity index (χ3n) is 11.0. The van der Waals surface area contributed by atoms with Crippen LogP contribution in [0, 0.1) is 34.5 Å². The Kier molecular flexibility index (Phi) is 6.40. The third kappa shape index (κ3) is 4.43. The molecule has 2 unspecified atom stereocenters. The second kappa shape index (κ2) is 9.74. The number of ketones is 1. The van der Waals surface area contributed by atoms with Crippen LogP contribution in [0.25, 0.3) is 11.3 Å². The average Bonchev–Trinajstić information content (AvgIpc) is 3.88. The number of hydrogen-bond donors (Lipinski definition) is 1. The van der Waals surface area contributed by atoms with Gasteiger partial charge in [0.1, 0.15) is 29.8 Å². The van der Waals surface area contributed by atoms with Crippen LogP contribution in [0.1, 0.15) is 77.4 Å². The molecule has 0 radical (unpaired) electrons. The van der Waals surface area contributed by atoms with Crippen LogP contribution in [0.3, 0.4) is 0 Å². The van der Waals surface area contributed by atoms with Gasteiger partial charge < -0.3 is 23.7 Å². The van der Waals surface area contributed by atoms with Crippen LogP contribution >= 0.6 is 0 Å². The summed E-state index contributed by atoms with van der Waals surface area (Å²) in [5.74, 6) is -1.86. The van der Waals surface area contributed by atoms with Crippen molar-refractivity contribution in [2.75, 3.05) is 6.61 Å². The summed E-state index contributed by atoms with van der Waals surface area (Å²) < 4.78 is 24.0. The number of aliphatic hydroxyl groups excluding tert-OH is 1. The number of ether oxygens (including phenoxy) is 3. The maximum atomic E-state index is 14.2. The van der Waals surface area contributed by atoms with Crippen molar-refractivity contribution >= 4 is 17.7 Å². The molecule has 4 aliphatic carbocycles. The lowest BCUT2D eigenvalue weighted by atomic mass is 9.43. The van der Waals surface area contributed by atoms with Gasteiger partial charge in [0.25, 0.3) is 0 Å². The number of pyridine rings is 1. The molecule has 43 heavy (non-hydrogen) atoms. The van der Waals surface area contributed by atoms with Crippen LogP contribution in [0.2, 0.25) is 0 Å². The Labute approximate surface area is 249 Å². The molecule has 228 valence electrons. The van der Waals surface area contributed by atoms with Gasteiger partial charge in [-0.2, -0.15) is 0 Å². The van der Waals surface area contributed by atoms with Gasteiger partial charge in [-0.05, 0) is 68.9 Å². The van der Waals surface area contributed by atoms with Gasteiger partial charge in [0.2, 0.25) is 0 Å². The summed E-state index contributed by atoms with van der Waals surface area (Å²) >= 11 is 0. The molecule has 0 amide bonds. The first kappa shape index (κ1) is 28.3. The normalized spacial score (nSPS) is 36.4. The highest BCUT2D eigenvalue weighted by Crippen LogP contribution is 2.66. The molecule has 0 bridgehead atoms. The minimum absolute atomic E-state index is 0.00787. The highest BCUT2D eigenvalue weighted by atomic mass is 16.6. The standard InChI is InChI=1S/C33H37NO9/c1-31-11-10-24(42-29(38)18-8-9-18)32(2,16-40-28(37)17-6-7-17)22(31)14-23(35)33(3)27(31)26(36)25-21(43-33)13-20(41-30(25)39)19-5-4-12-34-15-19/h4-5,12-13,15,17-18,22,24,26-27,36H,6-11,14,16H2,1-3H3/t22?,24-,26-,27?,31-,32-,33+/m0/s1. The van der Waals surface area contributed by atoms with Crippen LogP contribution in [0.5, 0.6) is 5.75 Å². The molecule has 5 aliphatic rings. The van der Waals surface area contributed by atoms with Gasteiger partial charge in [0.05, 0.1) is 17.9 Å². The van der Waals surface area contributed by atoms with Crippen LogP contribution < -0.4 is 10.4 Å². The van der Waals surface area contributed by atoms with Crippen molar-refractivity contribution in [1.29, 1.82) is 0 Å². The predicted octanol–water partition coefficient (Wildman–Crippen LogP) is 4.17. The zero-order valence-corrected chi connectivity index (χ0v) is 24.7. The molecule has 7 atom stereocenters. The van der Waals surface area contributed by atoms with E-state index in [-0.39, 0.29) is 59.7 Å². The fourth-order valence-electron chi connectivity index (χ4n) is 8.22. The topological polar surface area (TPSA) is 142 Å². The van der Waals surface area contributed by atoms with Gasteiger partial charge in [-0.25, -0.2) is 4.79 Å². The van der Waals surface area contributed by atoms with E-state index in [9.17, 15) is 24.3 Å². The van der Waals surface area contributed by atoms with E-state index in [0.717, 1.165) is 25.7 Å². The Bertz CT molecular complexity index is 1550. The highest BCUT2D eigenvalue weighted by molar-refractivity contribution is 5.90. The summed E-state index contributed by atoms with van der Waals surface area (Å²) in [4.78, 5) is 57.2. The van der Waals surface area contributed by atoms with Crippen molar-refractivity contribution in [3.63, 3.8) is 0 Å². The molecule has 4 saturated carbocycles. The van der Waals surface area contributed by atoms with E-state index in [4.69, 9.17) is 18.6 Å². The SMILES string of the molecule is C[C@]12CC[C@H](OC(=O)C3CC3)[C@@](C)(COC(=O)C3CC3)C1CC(=O)[C@@]1(C)Oc3cc(-c4cccnc4)oc(=O)c3[C@H](O)C21. The van der Waals surface area contributed by atoms with Crippen molar-refractivity contribution in [1.82, 2.24) is 4.98 Å². The van der Waals surface area contributed by atoms with Gasteiger partial charge in [0.15, 0.2) is 11.4 Å². The van der Waals surface area contributed by atoms with Gasteiger partial charge in [-0.15, -0.1) is 0 Å². The first-order valence-electron chi connectivity index (χ1n) is 15.3. The van der Waals surface area contributed by atoms with E-state index in [1.54, 1.807) is 31.5 Å². The van der Waals surface area contributed by atoms with Crippen molar-refractivity contribution in [3.05, 3.63) is 46.6 Å². The lowest BCUT2D eigenvalue weighted by molar-refractivity contribution is -0.232. The summed E-state index contributed by atoms with van der Waals surface area (Å²) in [6.07, 6.45) is 5.47. The first-order valence-corrected chi connectivity index (χ1v) is 15.3. The van der Waals surface area contributed by atoms with Gasteiger partial charge in [0, 0.05) is 41.8 Å². The second-order valence-electron chi connectivity index (χ2n) is 13.9. The number of carbonyl (C=O) groups excluding carboxylic acids is 3. The molecule has 1 aliphatic heterocycles. The summed E-state index contributed by atoms with van der Waals surface area (Å²) in [6, 6.07) is 4.99. The van der Waals surface area contributed by atoms with Crippen LogP contribution in [-0.4, -0.2) is 46.1 Å². The monoisotopic (exact) mass is 591 g/mol. The maximum absolute atomic E-state index is 14.2. The Morgan fingerprint density at radius 1 is 1.07 bits per heavy atom. The molecule has 0 spiro atoms. The van der Waals surface area contributed by atoms with E-state index in [1.807, 2.05) is 13.8 Å². The molecule has 1 N–H and O–H groups in total. The number of hydrogen-bond acceptors (Lipinski definition) is 10. The Morgan fingerprint density at radius 3 is 2.47 bits per heavy atom. The van der Waals surface area contributed by atoms with Gasteiger partial charge in [-0.1, -0.05) is 13.8 Å². The first-order chi connectivity index (χ1) is 20.5. The van der Waals surface area contributed by atoms with Crippen molar-refractivity contribution in [3.8, 4) is 17.1 Å². The molecular formula is C33H37NO9. The average molecular weight is 592 g/mol. The van der Waals surface area contributed by atoms with Crippen molar-refractivity contribution < 1.29 is 38.1 Å². The predicted molar refractivity (Wildman–Crippen MR) is 151 cm³/mol. The molecule has 2 aromatic rings. The minimum Gasteiger partial charge on any atom is -0.479 e. The fraction of sp³-hybridized carbons (Fsp3) is 0.606. The Hall–Kier alpha value is -3.53. The van der Waals surface area contributed by atoms with E-state index in [0.29, 0.717) is 18.4 Å². The number of nitrogens with zero attached hydrogens (tertiary/aromatic N) is 1. The summed E-state index contributed by atoms with van der Waals surface area (Å²) in [5, 5.41) is 12.0. The summed E-state index contributed by atoms with van der Waals surface area (Å²) in [6.45, 7) is 5.62. The maximum Gasteiger partial charge on any atom is 0.345 e. The van der Waals surface area contributed by atoms with Crippen LogP contribution in [0.4, 0.5) is 0 Å².